The molecule has 0 unspecified atom stereocenters. The fourth-order valence-corrected chi connectivity index (χ4v) is 4.57. The molecule has 3 rings (SSSR count). The molecule has 0 fully saturated rings. The lowest BCUT2D eigenvalue weighted by Gasteiger charge is -2.24. The molecule has 0 saturated carbocycles. The van der Waals surface area contributed by atoms with Gasteiger partial charge >= 0.3 is 6.18 Å². The summed E-state index contributed by atoms with van der Waals surface area (Å²) in [5.74, 6) is -0.171. The van der Waals surface area contributed by atoms with Crippen LogP contribution in [0.2, 0.25) is 5.02 Å². The number of rotatable bonds is 8. The molecule has 35 heavy (non-hydrogen) atoms. The van der Waals surface area contributed by atoms with Gasteiger partial charge in [0.25, 0.3) is 5.91 Å². The zero-order valence-electron chi connectivity index (χ0n) is 19.0. The summed E-state index contributed by atoms with van der Waals surface area (Å²) in [5, 5.41) is 2.35. The lowest BCUT2D eigenvalue weighted by atomic mass is 10.0. The second-order valence-electron chi connectivity index (χ2n) is 8.15. The maximum Gasteiger partial charge on any atom is 0.417 e. The second-order valence-corrected chi connectivity index (χ2v) is 10.5. The number of nitrogens with one attached hydrogen (secondary N) is 1. The molecule has 0 aliphatic heterocycles. The minimum atomic E-state index is -4.73. The van der Waals surface area contributed by atoms with Crippen molar-refractivity contribution >= 4 is 33.2 Å². The lowest BCUT2D eigenvalue weighted by Crippen LogP contribution is -2.30. The number of benzene rings is 3. The van der Waals surface area contributed by atoms with Crippen molar-refractivity contribution < 1.29 is 26.4 Å². The number of anilines is 1. The molecule has 0 aromatic heterocycles. The van der Waals surface area contributed by atoms with E-state index in [1.807, 2.05) is 37.3 Å². The summed E-state index contributed by atoms with van der Waals surface area (Å²) >= 11 is 5.66. The van der Waals surface area contributed by atoms with Gasteiger partial charge in [-0.3, -0.25) is 9.10 Å². The third-order valence-electron chi connectivity index (χ3n) is 5.42. The highest BCUT2D eigenvalue weighted by Crippen LogP contribution is 2.37. The fourth-order valence-electron chi connectivity index (χ4n) is 3.46. The Morgan fingerprint density at radius 1 is 1.03 bits per heavy atom. The van der Waals surface area contributed by atoms with Gasteiger partial charge in [-0.1, -0.05) is 61.0 Å². The van der Waals surface area contributed by atoms with Crippen molar-refractivity contribution in [3.05, 3.63) is 100 Å². The number of carbonyl (C=O) groups is 1. The smallest absolute Gasteiger partial charge is 0.351 e. The van der Waals surface area contributed by atoms with Gasteiger partial charge in [-0.25, -0.2) is 8.42 Å². The van der Waals surface area contributed by atoms with E-state index in [2.05, 4.69) is 5.32 Å². The van der Waals surface area contributed by atoms with Crippen LogP contribution < -0.4 is 9.62 Å². The third-order valence-corrected chi connectivity index (χ3v) is 6.89. The zero-order chi connectivity index (χ0) is 25.8. The third kappa shape index (κ3) is 6.99. The Morgan fingerprint density at radius 2 is 1.66 bits per heavy atom. The molecule has 0 bridgehead atoms. The summed E-state index contributed by atoms with van der Waals surface area (Å²) in [4.78, 5) is 12.5. The first-order chi connectivity index (χ1) is 16.4. The van der Waals surface area contributed by atoms with Crippen molar-refractivity contribution in [2.45, 2.75) is 25.6 Å². The highest BCUT2D eigenvalue weighted by Gasteiger charge is 2.34. The van der Waals surface area contributed by atoms with E-state index in [0.717, 1.165) is 22.2 Å². The number of nitrogens with zero attached hydrogens (tertiary/aromatic N) is 1. The number of carbonyl (C=O) groups excluding carboxylic acids is 1. The number of amides is 1. The van der Waals surface area contributed by atoms with Gasteiger partial charge in [0.1, 0.15) is 0 Å². The molecule has 0 aliphatic carbocycles. The predicted molar refractivity (Wildman–Crippen MR) is 131 cm³/mol. The van der Waals surface area contributed by atoms with Crippen molar-refractivity contribution in [3.63, 3.8) is 0 Å². The zero-order valence-corrected chi connectivity index (χ0v) is 20.6. The molecule has 0 saturated heterocycles. The lowest BCUT2D eigenvalue weighted by molar-refractivity contribution is -0.137. The minimum Gasteiger partial charge on any atom is -0.351 e. The van der Waals surface area contributed by atoms with Gasteiger partial charge in [-0.05, 0) is 47.4 Å². The van der Waals surface area contributed by atoms with Gasteiger partial charge in [-0.15, -0.1) is 0 Å². The van der Waals surface area contributed by atoms with E-state index in [1.54, 1.807) is 24.3 Å². The molecule has 3 aromatic rings. The molecule has 5 nitrogen and oxygen atoms in total. The van der Waals surface area contributed by atoms with Crippen molar-refractivity contribution in [2.24, 2.45) is 0 Å². The quantitative estimate of drug-likeness (QED) is 0.401. The topological polar surface area (TPSA) is 66.5 Å². The van der Waals surface area contributed by atoms with E-state index in [4.69, 9.17) is 11.6 Å². The summed E-state index contributed by atoms with van der Waals surface area (Å²) in [6, 6.07) is 18.9. The van der Waals surface area contributed by atoms with Gasteiger partial charge in [0.15, 0.2) is 0 Å². The molecular formula is C25H24ClF3N2O3S. The minimum absolute atomic E-state index is 0.115. The molecule has 1 atom stereocenters. The van der Waals surface area contributed by atoms with Crippen molar-refractivity contribution in [2.75, 3.05) is 17.1 Å². The van der Waals surface area contributed by atoms with E-state index >= 15 is 0 Å². The van der Waals surface area contributed by atoms with E-state index in [9.17, 15) is 26.4 Å². The van der Waals surface area contributed by atoms with Crippen LogP contribution in [0.4, 0.5) is 18.9 Å². The van der Waals surface area contributed by atoms with Gasteiger partial charge in [0, 0.05) is 12.1 Å². The Morgan fingerprint density at radius 3 is 2.23 bits per heavy atom. The molecule has 10 heteroatoms. The molecule has 1 amide bonds. The number of halogens is 4. The molecule has 0 heterocycles. The van der Waals surface area contributed by atoms with Crippen LogP contribution in [0.5, 0.6) is 0 Å². The molecule has 3 aromatic carbocycles. The van der Waals surface area contributed by atoms with Crippen molar-refractivity contribution in [1.29, 1.82) is 0 Å². The van der Waals surface area contributed by atoms with Gasteiger partial charge < -0.3 is 5.32 Å². The summed E-state index contributed by atoms with van der Waals surface area (Å²) in [6.45, 7) is 2.22. The molecule has 0 aliphatic rings. The number of sulfonamides is 1. The number of alkyl halides is 3. The number of hydrogen-bond donors (Lipinski definition) is 1. The maximum atomic E-state index is 13.3. The first-order valence-electron chi connectivity index (χ1n) is 10.6. The monoisotopic (exact) mass is 524 g/mol. The first kappa shape index (κ1) is 26.6. The molecule has 0 spiro atoms. The van der Waals surface area contributed by atoms with E-state index in [1.165, 1.54) is 6.07 Å². The predicted octanol–water partition coefficient (Wildman–Crippen LogP) is 5.86. The molecular weight excluding hydrogens is 501 g/mol. The van der Waals surface area contributed by atoms with E-state index in [0.29, 0.717) is 23.7 Å². The van der Waals surface area contributed by atoms with Crippen LogP contribution in [0.15, 0.2) is 72.8 Å². The Hall–Kier alpha value is -3.04. The molecule has 186 valence electrons. The average Bonchev–Trinajstić information content (AvgIpc) is 2.81. The maximum absolute atomic E-state index is 13.3. The Bertz CT molecular complexity index is 1280. The summed E-state index contributed by atoms with van der Waals surface area (Å²) in [5.41, 5.74) is 0.682. The van der Waals surface area contributed by atoms with Crippen LogP contribution in [0.1, 0.15) is 39.9 Å². The van der Waals surface area contributed by atoms with Gasteiger partial charge in [0.2, 0.25) is 10.0 Å². The molecule has 0 radical (unpaired) electrons. The van der Waals surface area contributed by atoms with E-state index < -0.39 is 26.8 Å². The SMILES string of the molecule is C[C@@H](CNC(=O)c1ccc(CN(c2ccc(Cl)c(C(F)(F)F)c2)S(C)(=O)=O)cc1)c1ccccc1. The molecule has 1 N–H and O–H groups in total. The highest BCUT2D eigenvalue weighted by molar-refractivity contribution is 7.92. The number of hydrogen-bond acceptors (Lipinski definition) is 3. The second kappa shape index (κ2) is 10.7. The Balaban J connectivity index is 1.73. The summed E-state index contributed by atoms with van der Waals surface area (Å²) in [6.07, 6.45) is -3.83. The average molecular weight is 525 g/mol. The highest BCUT2D eigenvalue weighted by atomic mass is 35.5. The Kier molecular flexibility index (Phi) is 8.12. The van der Waals surface area contributed by atoms with Crippen LogP contribution in [-0.4, -0.2) is 27.1 Å². The standard InChI is InChI=1S/C25H24ClF3N2O3S/c1-17(19-6-4-3-5-7-19)15-30-24(32)20-10-8-18(9-11-20)16-31(35(2,33)34)21-12-13-23(26)22(14-21)25(27,28)29/h3-14,17H,15-16H2,1-2H3,(H,30,32)/t17-/m0/s1. The van der Waals surface area contributed by atoms with E-state index in [-0.39, 0.29) is 24.1 Å². The van der Waals surface area contributed by atoms with Crippen LogP contribution in [0.25, 0.3) is 0 Å². The van der Waals surface area contributed by atoms with Crippen LogP contribution in [-0.2, 0) is 22.7 Å². The largest absolute Gasteiger partial charge is 0.417 e. The fraction of sp³-hybridized carbons (Fsp3) is 0.240. The van der Waals surface area contributed by atoms with Crippen LogP contribution in [0, 0.1) is 0 Å². The first-order valence-corrected chi connectivity index (χ1v) is 12.9. The Labute approximate surface area is 207 Å². The van der Waals surface area contributed by atoms with Crippen molar-refractivity contribution in [1.82, 2.24) is 5.32 Å². The van der Waals surface area contributed by atoms with Crippen LogP contribution in [0.3, 0.4) is 0 Å². The van der Waals surface area contributed by atoms with Gasteiger partial charge in [0.05, 0.1) is 29.1 Å². The van der Waals surface area contributed by atoms with Crippen molar-refractivity contribution in [3.8, 4) is 0 Å². The van der Waals surface area contributed by atoms with Gasteiger partial charge in [-0.2, -0.15) is 13.2 Å². The normalized spacial score (nSPS) is 12.7. The van der Waals surface area contributed by atoms with Crippen LogP contribution >= 0.6 is 11.6 Å². The summed E-state index contributed by atoms with van der Waals surface area (Å²) in [7, 11) is -3.92. The summed E-state index contributed by atoms with van der Waals surface area (Å²) < 4.78 is 65.4.